The van der Waals surface area contributed by atoms with Crippen LogP contribution >= 0.6 is 11.3 Å². The molecule has 0 saturated carbocycles. The molecule has 3 atom stereocenters. The predicted molar refractivity (Wildman–Crippen MR) is 151 cm³/mol. The van der Waals surface area contributed by atoms with Gasteiger partial charge in [-0.05, 0) is 75.0 Å². The summed E-state index contributed by atoms with van der Waals surface area (Å²) in [5.41, 5.74) is 4.47. The maximum absolute atomic E-state index is 14.2. The van der Waals surface area contributed by atoms with E-state index in [9.17, 15) is 14.7 Å². The Morgan fingerprint density at radius 1 is 1.11 bits per heavy atom. The van der Waals surface area contributed by atoms with Gasteiger partial charge in [-0.2, -0.15) is 0 Å². The van der Waals surface area contributed by atoms with Crippen molar-refractivity contribution in [2.24, 2.45) is 16.6 Å². The number of nitrogens with two attached hydrogens (primary N) is 1. The topological polar surface area (TPSA) is 95.7 Å². The van der Waals surface area contributed by atoms with Gasteiger partial charge in [-0.3, -0.25) is 9.59 Å². The molecule has 0 fully saturated rings. The molecule has 0 bridgehead atoms. The van der Waals surface area contributed by atoms with E-state index in [1.807, 2.05) is 41.3 Å². The normalized spacial score (nSPS) is 23.2. The van der Waals surface area contributed by atoms with E-state index >= 15 is 0 Å². The number of primary amides is 1. The zero-order valence-corrected chi connectivity index (χ0v) is 23.1. The Morgan fingerprint density at radius 2 is 1.84 bits per heavy atom. The number of hydrogen-bond donors (Lipinski definition) is 3. The molecule has 2 amide bonds. The third kappa shape index (κ3) is 6.89. The Hall–Kier alpha value is -2.48. The van der Waals surface area contributed by atoms with Gasteiger partial charge in [0.1, 0.15) is 0 Å². The molecule has 4 N–H and O–H groups in total. The van der Waals surface area contributed by atoms with Crippen molar-refractivity contribution in [3.63, 3.8) is 0 Å². The van der Waals surface area contributed by atoms with E-state index in [4.69, 9.17) is 5.73 Å². The quantitative estimate of drug-likeness (QED) is 0.238. The monoisotopic (exact) mass is 525 g/mol. The molecular formula is C30H43N3O3S. The Kier molecular flexibility index (Phi) is 10.9. The fourth-order valence-electron chi connectivity index (χ4n) is 5.61. The number of carbonyl (C=O) groups is 2. The molecule has 1 heterocycles. The third-order valence-corrected chi connectivity index (χ3v) is 8.45. The number of nitrogens with zero attached hydrogens (tertiary/aromatic N) is 1. The highest BCUT2D eigenvalue weighted by atomic mass is 32.1. The molecule has 1 aromatic heterocycles. The molecule has 2 aromatic rings. The zero-order chi connectivity index (χ0) is 26.7. The minimum absolute atomic E-state index is 0.0645. The van der Waals surface area contributed by atoms with Crippen molar-refractivity contribution in [3.8, 4) is 0 Å². The number of benzene rings is 1. The molecule has 37 heavy (non-hydrogen) atoms. The van der Waals surface area contributed by atoms with E-state index in [0.29, 0.717) is 32.4 Å². The summed E-state index contributed by atoms with van der Waals surface area (Å²) in [6, 6.07) is 13.8. The summed E-state index contributed by atoms with van der Waals surface area (Å²) in [5, 5.41) is 17.6. The second-order valence-electron chi connectivity index (χ2n) is 10.2. The minimum atomic E-state index is -1.34. The molecule has 1 aliphatic carbocycles. The summed E-state index contributed by atoms with van der Waals surface area (Å²) in [6.45, 7) is 6.97. The van der Waals surface area contributed by atoms with Gasteiger partial charge < -0.3 is 21.1 Å². The van der Waals surface area contributed by atoms with Gasteiger partial charge in [0.15, 0.2) is 0 Å². The lowest BCUT2D eigenvalue weighted by molar-refractivity contribution is -0.162. The second-order valence-corrected chi connectivity index (χ2v) is 11.2. The zero-order valence-electron chi connectivity index (χ0n) is 22.3. The van der Waals surface area contributed by atoms with Gasteiger partial charge in [-0.1, -0.05) is 62.4 Å². The molecule has 1 aromatic carbocycles. The molecule has 0 radical (unpaired) electrons. The second kappa shape index (κ2) is 13.9. The van der Waals surface area contributed by atoms with E-state index < -0.39 is 22.8 Å². The Morgan fingerprint density at radius 3 is 2.46 bits per heavy atom. The summed E-state index contributed by atoms with van der Waals surface area (Å²) in [6.07, 6.45) is 6.94. The van der Waals surface area contributed by atoms with Crippen LogP contribution in [0.15, 0.2) is 60.0 Å². The van der Waals surface area contributed by atoms with Crippen LogP contribution in [0.2, 0.25) is 0 Å². The van der Waals surface area contributed by atoms with Crippen molar-refractivity contribution >= 4 is 23.2 Å². The molecule has 6 nitrogen and oxygen atoms in total. The molecule has 7 heteroatoms. The molecular weight excluding hydrogens is 482 g/mol. The molecule has 0 spiro atoms. The van der Waals surface area contributed by atoms with E-state index in [1.54, 1.807) is 17.4 Å². The molecule has 1 unspecified atom stereocenters. The Bertz CT molecular complexity index is 1000. The highest BCUT2D eigenvalue weighted by Gasteiger charge is 2.58. The highest BCUT2D eigenvalue weighted by Crippen LogP contribution is 2.48. The van der Waals surface area contributed by atoms with Crippen molar-refractivity contribution in [1.29, 1.82) is 0 Å². The van der Waals surface area contributed by atoms with Crippen LogP contribution < -0.4 is 11.1 Å². The Balaban J connectivity index is 1.85. The van der Waals surface area contributed by atoms with Crippen LogP contribution in [0, 0.1) is 10.8 Å². The predicted octanol–water partition coefficient (Wildman–Crippen LogP) is 4.33. The van der Waals surface area contributed by atoms with Crippen LogP contribution in [0.25, 0.3) is 0 Å². The van der Waals surface area contributed by atoms with Crippen LogP contribution in [0.1, 0.15) is 56.4 Å². The van der Waals surface area contributed by atoms with Gasteiger partial charge in [-0.25, -0.2) is 0 Å². The number of aliphatic hydroxyl groups is 1. The van der Waals surface area contributed by atoms with Crippen LogP contribution in [0.3, 0.4) is 0 Å². The number of rotatable bonds is 15. The van der Waals surface area contributed by atoms with Crippen molar-refractivity contribution < 1.29 is 14.7 Å². The first-order valence-corrected chi connectivity index (χ1v) is 14.5. The van der Waals surface area contributed by atoms with Crippen molar-refractivity contribution in [2.45, 2.75) is 64.9 Å². The Labute approximate surface area is 225 Å². The molecule has 3 rings (SSSR count). The van der Waals surface area contributed by atoms with Crippen molar-refractivity contribution in [2.75, 3.05) is 26.2 Å². The summed E-state index contributed by atoms with van der Waals surface area (Å²) in [7, 11) is 0. The summed E-state index contributed by atoms with van der Waals surface area (Å²) in [5.74, 6) is -0.658. The smallest absolute Gasteiger partial charge is 0.231 e. The van der Waals surface area contributed by atoms with Gasteiger partial charge in [0.2, 0.25) is 11.8 Å². The summed E-state index contributed by atoms with van der Waals surface area (Å²) < 4.78 is 0. The van der Waals surface area contributed by atoms with Gasteiger partial charge in [0.05, 0.1) is 16.9 Å². The molecule has 0 saturated heterocycles. The maximum Gasteiger partial charge on any atom is 0.231 e. The lowest BCUT2D eigenvalue weighted by Crippen LogP contribution is -2.61. The number of allylic oxidation sites excluding steroid dienone is 1. The van der Waals surface area contributed by atoms with Gasteiger partial charge in [0, 0.05) is 18.0 Å². The third-order valence-electron chi connectivity index (χ3n) is 7.51. The molecule has 1 aliphatic rings. The maximum atomic E-state index is 14.2. The van der Waals surface area contributed by atoms with Crippen LogP contribution in [-0.2, 0) is 22.4 Å². The van der Waals surface area contributed by atoms with Crippen molar-refractivity contribution in [3.05, 3.63) is 70.4 Å². The fourth-order valence-corrected chi connectivity index (χ4v) is 6.32. The average molecular weight is 526 g/mol. The van der Waals surface area contributed by atoms with Gasteiger partial charge in [-0.15, -0.1) is 11.3 Å². The SMILES string of the molecule is CCCN(CCC)C(=O)C1(CCCNCCc2cccs2)CC=C[C@](Cc2ccccc2)(C(N)=O)[C@@H]1O. The van der Waals surface area contributed by atoms with Crippen LogP contribution in [-0.4, -0.2) is 54.1 Å². The lowest BCUT2D eigenvalue weighted by atomic mass is 9.58. The van der Waals surface area contributed by atoms with E-state index in [2.05, 4.69) is 36.7 Å². The van der Waals surface area contributed by atoms with Crippen molar-refractivity contribution in [1.82, 2.24) is 10.2 Å². The fraction of sp³-hybridized carbons (Fsp3) is 0.533. The first-order chi connectivity index (χ1) is 17.9. The van der Waals surface area contributed by atoms with E-state index in [1.165, 1.54) is 4.88 Å². The number of thiophene rings is 1. The van der Waals surface area contributed by atoms with Crippen LogP contribution in [0.5, 0.6) is 0 Å². The molecule has 202 valence electrons. The van der Waals surface area contributed by atoms with Gasteiger partial charge in [0.25, 0.3) is 0 Å². The van der Waals surface area contributed by atoms with Crippen LogP contribution in [0.4, 0.5) is 0 Å². The summed E-state index contributed by atoms with van der Waals surface area (Å²) >= 11 is 1.75. The largest absolute Gasteiger partial charge is 0.391 e. The first kappa shape index (κ1) is 29.1. The molecule has 0 aliphatic heterocycles. The van der Waals surface area contributed by atoms with E-state index in [-0.39, 0.29) is 12.3 Å². The number of carbonyl (C=O) groups excluding carboxylic acids is 2. The number of nitrogens with one attached hydrogen (secondary N) is 1. The number of aliphatic hydroxyl groups excluding tert-OH is 1. The standard InChI is InChI=1S/C30H43N3O3S/c1-3-20-33(21-4-2)28(36)29(17-10-18-32-19-14-25-13-8-22-37-25)15-9-16-30(26(29)34,27(31)35)23-24-11-6-5-7-12-24/h5-9,11-13,16,22,26,32,34H,3-4,10,14-15,17-21,23H2,1-2H3,(H2,31,35)/t26-,29?,30-/m1/s1. The lowest BCUT2D eigenvalue weighted by Gasteiger charge is -2.49. The first-order valence-electron chi connectivity index (χ1n) is 13.6. The average Bonchev–Trinajstić information content (AvgIpc) is 3.42. The van der Waals surface area contributed by atoms with Gasteiger partial charge >= 0.3 is 0 Å². The van der Waals surface area contributed by atoms with E-state index in [0.717, 1.165) is 37.9 Å². The highest BCUT2D eigenvalue weighted by molar-refractivity contribution is 7.09. The number of amides is 2. The minimum Gasteiger partial charge on any atom is -0.391 e. The number of hydrogen-bond acceptors (Lipinski definition) is 5. The summed E-state index contributed by atoms with van der Waals surface area (Å²) in [4.78, 5) is 30.5.